The molecule has 3 heteroatoms. The van der Waals surface area contributed by atoms with Gasteiger partial charge in [0.05, 0.1) is 0 Å². The third-order valence-electron chi connectivity index (χ3n) is 2.24. The predicted octanol–water partition coefficient (Wildman–Crippen LogP) is 3.52. The van der Waals surface area contributed by atoms with Gasteiger partial charge >= 0.3 is 0 Å². The molecule has 92 valence electrons. The van der Waals surface area contributed by atoms with Gasteiger partial charge < -0.3 is 9.57 Å². The Kier molecular flexibility index (Phi) is 6.56. The normalized spacial score (nSPS) is 11.0. The van der Waals surface area contributed by atoms with E-state index in [0.29, 0.717) is 12.5 Å². The summed E-state index contributed by atoms with van der Waals surface area (Å²) in [6.45, 7) is 4.21. The molecule has 3 nitrogen and oxygen atoms in total. The van der Waals surface area contributed by atoms with Gasteiger partial charge in [0.15, 0.2) is 0 Å². The van der Waals surface area contributed by atoms with Gasteiger partial charge in [-0.05, 0) is 18.4 Å². The second-order valence-electron chi connectivity index (χ2n) is 3.62. The lowest BCUT2D eigenvalue weighted by Crippen LogP contribution is -2.05. The van der Waals surface area contributed by atoms with Crippen molar-refractivity contribution in [1.82, 2.24) is 0 Å². The van der Waals surface area contributed by atoms with Crippen molar-refractivity contribution >= 4 is 5.90 Å². The number of nitrogens with zero attached hydrogens (tertiary/aromatic N) is 1. The van der Waals surface area contributed by atoms with Crippen LogP contribution in [0, 0.1) is 0 Å². The molecule has 17 heavy (non-hydrogen) atoms. The minimum absolute atomic E-state index is 0.525. The standard InChI is InChI=1S/C14H19NO2/c1-3-4-6-11-14(15-16-2)17-12-13-9-7-5-8-10-13/h3,5,7-10H,1,4,6,11-12H2,2H3/b15-14-. The lowest BCUT2D eigenvalue weighted by atomic mass is 10.2. The minimum atomic E-state index is 0.525. The van der Waals surface area contributed by atoms with Crippen LogP contribution in [0.1, 0.15) is 24.8 Å². The molecule has 0 aliphatic rings. The fourth-order valence-corrected chi connectivity index (χ4v) is 1.38. The lowest BCUT2D eigenvalue weighted by molar-refractivity contribution is 0.184. The molecular formula is C14H19NO2. The first-order valence-corrected chi connectivity index (χ1v) is 5.74. The average molecular weight is 233 g/mol. The van der Waals surface area contributed by atoms with Gasteiger partial charge in [-0.1, -0.05) is 41.6 Å². The fourth-order valence-electron chi connectivity index (χ4n) is 1.38. The Morgan fingerprint density at radius 3 is 2.76 bits per heavy atom. The zero-order chi connectivity index (χ0) is 12.3. The highest BCUT2D eigenvalue weighted by Gasteiger charge is 2.02. The Morgan fingerprint density at radius 1 is 1.35 bits per heavy atom. The average Bonchev–Trinajstić information content (AvgIpc) is 2.37. The molecule has 0 saturated carbocycles. The largest absolute Gasteiger partial charge is 0.474 e. The van der Waals surface area contributed by atoms with Crippen LogP contribution in [0.15, 0.2) is 48.1 Å². The molecule has 0 atom stereocenters. The summed E-state index contributed by atoms with van der Waals surface area (Å²) in [6.07, 6.45) is 4.59. The molecular weight excluding hydrogens is 214 g/mol. The third kappa shape index (κ3) is 5.76. The van der Waals surface area contributed by atoms with Crippen LogP contribution in [0.5, 0.6) is 0 Å². The predicted molar refractivity (Wildman–Crippen MR) is 69.7 cm³/mol. The second-order valence-corrected chi connectivity index (χ2v) is 3.62. The van der Waals surface area contributed by atoms with Gasteiger partial charge in [-0.2, -0.15) is 0 Å². The molecule has 0 aromatic heterocycles. The monoisotopic (exact) mass is 233 g/mol. The van der Waals surface area contributed by atoms with E-state index < -0.39 is 0 Å². The van der Waals surface area contributed by atoms with Crippen LogP contribution in [0.3, 0.4) is 0 Å². The zero-order valence-electron chi connectivity index (χ0n) is 10.3. The van der Waals surface area contributed by atoms with Crippen LogP contribution >= 0.6 is 0 Å². The molecule has 0 N–H and O–H groups in total. The summed E-state index contributed by atoms with van der Waals surface area (Å²) in [5.74, 6) is 0.637. The smallest absolute Gasteiger partial charge is 0.225 e. The second kappa shape index (κ2) is 8.39. The van der Waals surface area contributed by atoms with Gasteiger partial charge in [0, 0.05) is 6.42 Å². The van der Waals surface area contributed by atoms with Crippen molar-refractivity contribution < 1.29 is 9.57 Å². The summed E-state index contributed by atoms with van der Waals surface area (Å²) in [4.78, 5) is 4.76. The molecule has 0 spiro atoms. The molecule has 0 fully saturated rings. The van der Waals surface area contributed by atoms with E-state index in [-0.39, 0.29) is 0 Å². The molecule has 0 aliphatic heterocycles. The van der Waals surface area contributed by atoms with Crippen molar-refractivity contribution in [2.45, 2.75) is 25.9 Å². The van der Waals surface area contributed by atoms with E-state index in [2.05, 4.69) is 11.7 Å². The molecule has 0 aliphatic carbocycles. The van der Waals surface area contributed by atoms with Crippen LogP contribution in [0.4, 0.5) is 0 Å². The minimum Gasteiger partial charge on any atom is -0.474 e. The molecule has 1 rings (SSSR count). The topological polar surface area (TPSA) is 30.8 Å². The van der Waals surface area contributed by atoms with E-state index in [4.69, 9.17) is 9.57 Å². The van der Waals surface area contributed by atoms with Gasteiger partial charge in [-0.3, -0.25) is 0 Å². The number of benzene rings is 1. The van der Waals surface area contributed by atoms with E-state index in [1.807, 2.05) is 36.4 Å². The van der Waals surface area contributed by atoms with Gasteiger partial charge in [0.25, 0.3) is 0 Å². The first-order chi connectivity index (χ1) is 8.36. The fraction of sp³-hybridized carbons (Fsp3) is 0.357. The Hall–Kier alpha value is -1.77. The highest BCUT2D eigenvalue weighted by Crippen LogP contribution is 2.05. The van der Waals surface area contributed by atoms with E-state index in [1.165, 1.54) is 7.11 Å². The van der Waals surface area contributed by atoms with E-state index in [9.17, 15) is 0 Å². The number of hydrogen-bond acceptors (Lipinski definition) is 3. The van der Waals surface area contributed by atoms with Crippen molar-refractivity contribution in [2.24, 2.45) is 5.16 Å². The van der Waals surface area contributed by atoms with Crippen molar-refractivity contribution in [1.29, 1.82) is 0 Å². The first-order valence-electron chi connectivity index (χ1n) is 5.74. The Bertz CT molecular complexity index is 346. The molecule has 0 bridgehead atoms. The van der Waals surface area contributed by atoms with E-state index in [1.54, 1.807) is 0 Å². The molecule has 0 heterocycles. The summed E-state index contributed by atoms with van der Waals surface area (Å²) in [7, 11) is 1.53. The number of hydrogen-bond donors (Lipinski definition) is 0. The number of allylic oxidation sites excluding steroid dienone is 1. The quantitative estimate of drug-likeness (QED) is 0.237. The van der Waals surface area contributed by atoms with Gasteiger partial charge in [-0.15, -0.1) is 6.58 Å². The maximum atomic E-state index is 5.61. The van der Waals surface area contributed by atoms with Crippen LogP contribution in [-0.4, -0.2) is 13.0 Å². The zero-order valence-corrected chi connectivity index (χ0v) is 10.3. The van der Waals surface area contributed by atoms with Crippen LogP contribution in [0.25, 0.3) is 0 Å². The highest BCUT2D eigenvalue weighted by molar-refractivity contribution is 5.75. The molecule has 0 radical (unpaired) electrons. The molecule has 1 aromatic carbocycles. The van der Waals surface area contributed by atoms with Crippen LogP contribution in [0.2, 0.25) is 0 Å². The maximum Gasteiger partial charge on any atom is 0.225 e. The van der Waals surface area contributed by atoms with Crippen molar-refractivity contribution in [2.75, 3.05) is 7.11 Å². The number of unbranched alkanes of at least 4 members (excludes halogenated alkanes) is 1. The van der Waals surface area contributed by atoms with Gasteiger partial charge in [0.1, 0.15) is 13.7 Å². The molecule has 1 aromatic rings. The van der Waals surface area contributed by atoms with Crippen molar-refractivity contribution in [3.8, 4) is 0 Å². The number of oxime groups is 1. The summed E-state index contributed by atoms with van der Waals surface area (Å²) in [5.41, 5.74) is 1.13. The molecule has 0 unspecified atom stereocenters. The van der Waals surface area contributed by atoms with Gasteiger partial charge in [-0.25, -0.2) is 0 Å². The summed E-state index contributed by atoms with van der Waals surface area (Å²) >= 11 is 0. The number of ether oxygens (including phenoxy) is 1. The molecule has 0 saturated heterocycles. The summed E-state index contributed by atoms with van der Waals surface area (Å²) in [6, 6.07) is 10.0. The first kappa shape index (κ1) is 13.3. The van der Waals surface area contributed by atoms with Crippen molar-refractivity contribution in [3.05, 3.63) is 48.6 Å². The highest BCUT2D eigenvalue weighted by atomic mass is 16.6. The SMILES string of the molecule is C=CCCC/C(=N/OC)OCc1ccccc1. The third-order valence-corrected chi connectivity index (χ3v) is 2.24. The Morgan fingerprint density at radius 2 is 2.12 bits per heavy atom. The Balaban J connectivity index is 2.39. The van der Waals surface area contributed by atoms with E-state index >= 15 is 0 Å². The van der Waals surface area contributed by atoms with Crippen molar-refractivity contribution in [3.63, 3.8) is 0 Å². The van der Waals surface area contributed by atoms with E-state index in [0.717, 1.165) is 24.8 Å². The molecule has 0 amide bonds. The van der Waals surface area contributed by atoms with Gasteiger partial charge in [0.2, 0.25) is 5.90 Å². The summed E-state index contributed by atoms with van der Waals surface area (Å²) < 4.78 is 5.61. The summed E-state index contributed by atoms with van der Waals surface area (Å²) in [5, 5.41) is 3.87. The van der Waals surface area contributed by atoms with Crippen LogP contribution in [-0.2, 0) is 16.2 Å². The maximum absolute atomic E-state index is 5.61. The lowest BCUT2D eigenvalue weighted by Gasteiger charge is -2.08. The Labute approximate surface area is 103 Å². The van der Waals surface area contributed by atoms with Crippen LogP contribution < -0.4 is 0 Å². The number of rotatable bonds is 7.